The number of para-hydroxylation sites is 2. The van der Waals surface area contributed by atoms with E-state index in [4.69, 9.17) is 0 Å². The van der Waals surface area contributed by atoms with Crippen molar-refractivity contribution in [1.82, 2.24) is 10.6 Å². The normalized spacial score (nSPS) is 17.8. The van der Waals surface area contributed by atoms with Gasteiger partial charge in [-0.05, 0) is 70.0 Å². The summed E-state index contributed by atoms with van der Waals surface area (Å²) in [6, 6.07) is 7.99. The van der Waals surface area contributed by atoms with E-state index in [0.29, 0.717) is 28.6 Å². The lowest BCUT2D eigenvalue weighted by Gasteiger charge is -2.29. The second-order valence-corrected chi connectivity index (χ2v) is 11.4. The molecule has 0 radical (unpaired) electrons. The Balaban J connectivity index is 1.63. The number of carbonyl (C=O) groups is 4. The van der Waals surface area contributed by atoms with E-state index in [1.807, 2.05) is 63.4 Å². The number of hydrogen-bond acceptors (Lipinski definition) is 5. The number of thiophene rings is 1. The van der Waals surface area contributed by atoms with Crippen molar-refractivity contribution < 1.29 is 19.2 Å². The van der Waals surface area contributed by atoms with Crippen molar-refractivity contribution >= 4 is 46.3 Å². The fraction of sp³-hybridized carbons (Fsp3) is 0.500. The van der Waals surface area contributed by atoms with Crippen molar-refractivity contribution in [3.63, 3.8) is 0 Å². The zero-order valence-corrected chi connectivity index (χ0v) is 22.7. The van der Waals surface area contributed by atoms with Gasteiger partial charge in [-0.2, -0.15) is 0 Å². The van der Waals surface area contributed by atoms with Crippen LogP contribution in [-0.4, -0.2) is 41.8 Å². The largest absolute Gasteiger partial charge is 0.340 e. The summed E-state index contributed by atoms with van der Waals surface area (Å²) in [5, 5.41) is 7.43. The summed E-state index contributed by atoms with van der Waals surface area (Å²) < 4.78 is 0. The number of fused-ring (bicyclic) bond motifs is 1. The fourth-order valence-electron chi connectivity index (χ4n) is 5.33. The molecule has 4 amide bonds. The van der Waals surface area contributed by atoms with Crippen LogP contribution >= 0.6 is 11.3 Å². The molecule has 1 atom stereocenters. The SMILES string of the molecule is CC(C)N1C(=O)C(NC(=O)C(NC(=O)CC2CCCC2)c2cccs2)C(=O)N(C(C)C)c2ccccc21. The van der Waals surface area contributed by atoms with Crippen molar-refractivity contribution in [2.24, 2.45) is 5.92 Å². The summed E-state index contributed by atoms with van der Waals surface area (Å²) in [7, 11) is 0. The molecule has 1 saturated carbocycles. The summed E-state index contributed by atoms with van der Waals surface area (Å²) >= 11 is 1.35. The van der Waals surface area contributed by atoms with E-state index in [0.717, 1.165) is 25.7 Å². The van der Waals surface area contributed by atoms with Gasteiger partial charge in [0.15, 0.2) is 6.04 Å². The topological polar surface area (TPSA) is 98.8 Å². The zero-order valence-electron chi connectivity index (χ0n) is 21.9. The Morgan fingerprint density at radius 1 is 0.919 bits per heavy atom. The Hall–Kier alpha value is -3.20. The molecule has 0 spiro atoms. The Bertz CT molecular complexity index is 1090. The Kier molecular flexibility index (Phi) is 8.32. The molecule has 37 heavy (non-hydrogen) atoms. The number of hydrogen-bond donors (Lipinski definition) is 2. The van der Waals surface area contributed by atoms with E-state index in [2.05, 4.69) is 10.6 Å². The van der Waals surface area contributed by atoms with Crippen LogP contribution in [0.15, 0.2) is 41.8 Å². The van der Waals surface area contributed by atoms with Gasteiger partial charge in [-0.1, -0.05) is 31.0 Å². The summed E-state index contributed by atoms with van der Waals surface area (Å²) in [5.74, 6) is -1.43. The van der Waals surface area contributed by atoms with Crippen molar-refractivity contribution in [2.75, 3.05) is 9.80 Å². The highest BCUT2D eigenvalue weighted by Gasteiger charge is 2.43. The van der Waals surface area contributed by atoms with Crippen LogP contribution in [0.25, 0.3) is 0 Å². The van der Waals surface area contributed by atoms with Gasteiger partial charge >= 0.3 is 0 Å². The molecule has 1 aromatic heterocycles. The van der Waals surface area contributed by atoms with Gasteiger partial charge in [0.2, 0.25) is 11.8 Å². The summed E-state index contributed by atoms with van der Waals surface area (Å²) in [4.78, 5) is 57.9. The van der Waals surface area contributed by atoms with Crippen molar-refractivity contribution in [2.45, 2.75) is 84.0 Å². The van der Waals surface area contributed by atoms with Gasteiger partial charge in [-0.25, -0.2) is 0 Å². The van der Waals surface area contributed by atoms with Crippen molar-refractivity contribution in [1.29, 1.82) is 0 Å². The molecule has 8 nitrogen and oxygen atoms in total. The second kappa shape index (κ2) is 11.5. The molecule has 1 unspecified atom stereocenters. The molecule has 1 aromatic carbocycles. The first-order valence-electron chi connectivity index (χ1n) is 13.1. The highest BCUT2D eigenvalue weighted by Crippen LogP contribution is 2.36. The van der Waals surface area contributed by atoms with Crippen LogP contribution in [0.1, 0.15) is 70.7 Å². The molecule has 9 heteroatoms. The predicted octanol–water partition coefficient (Wildman–Crippen LogP) is 4.17. The first-order valence-corrected chi connectivity index (χ1v) is 13.9. The van der Waals surface area contributed by atoms with E-state index in [-0.39, 0.29) is 18.0 Å². The molecule has 198 valence electrons. The smallest absolute Gasteiger partial charge is 0.259 e. The number of rotatable bonds is 8. The highest BCUT2D eigenvalue weighted by molar-refractivity contribution is 7.10. The first-order chi connectivity index (χ1) is 17.7. The zero-order chi connectivity index (χ0) is 26.7. The van der Waals surface area contributed by atoms with E-state index in [1.165, 1.54) is 11.3 Å². The summed E-state index contributed by atoms with van der Waals surface area (Å²) in [5.41, 5.74) is 1.25. The van der Waals surface area contributed by atoms with Crippen LogP contribution in [0.2, 0.25) is 0 Å². The van der Waals surface area contributed by atoms with Gasteiger partial charge in [0.05, 0.1) is 11.4 Å². The third kappa shape index (κ3) is 5.71. The average molecular weight is 525 g/mol. The lowest BCUT2D eigenvalue weighted by Crippen LogP contribution is -2.59. The molecular formula is C28H36N4O4S. The van der Waals surface area contributed by atoms with Crippen molar-refractivity contribution in [3.05, 3.63) is 46.7 Å². The van der Waals surface area contributed by atoms with Crippen LogP contribution in [0, 0.1) is 5.92 Å². The minimum absolute atomic E-state index is 0.195. The molecule has 4 rings (SSSR count). The van der Waals surface area contributed by atoms with Crippen LogP contribution in [0.4, 0.5) is 11.4 Å². The molecule has 1 aliphatic heterocycles. The van der Waals surface area contributed by atoms with Crippen LogP contribution in [-0.2, 0) is 19.2 Å². The fourth-order valence-corrected chi connectivity index (χ4v) is 6.10. The van der Waals surface area contributed by atoms with Gasteiger partial charge in [0.25, 0.3) is 11.8 Å². The molecule has 1 aliphatic carbocycles. The molecule has 0 saturated heterocycles. The van der Waals surface area contributed by atoms with E-state index in [9.17, 15) is 19.2 Å². The van der Waals surface area contributed by atoms with Gasteiger partial charge in [-0.15, -0.1) is 11.3 Å². The molecule has 2 aliphatic rings. The quantitative estimate of drug-likeness (QED) is 0.507. The number of anilines is 2. The van der Waals surface area contributed by atoms with E-state index in [1.54, 1.807) is 15.9 Å². The Morgan fingerprint density at radius 2 is 1.49 bits per heavy atom. The van der Waals surface area contributed by atoms with Gasteiger partial charge in [0.1, 0.15) is 6.04 Å². The number of carbonyl (C=O) groups excluding carboxylic acids is 4. The molecule has 1 fully saturated rings. The third-order valence-corrected chi connectivity index (χ3v) is 7.97. The first kappa shape index (κ1) is 26.9. The predicted molar refractivity (Wildman–Crippen MR) is 145 cm³/mol. The Labute approximate surface area is 222 Å². The standard InChI is InChI=1S/C28H36N4O4S/c1-17(2)31-20-12-7-8-13-21(20)32(18(3)4)28(36)25(27(31)35)30-26(34)24(22-14-9-15-37-22)29-23(33)16-19-10-5-6-11-19/h7-9,12-15,17-19,24-25H,5-6,10-11,16H2,1-4H3,(H,29,33)(H,30,34). The lowest BCUT2D eigenvalue weighted by atomic mass is 10.0. The summed E-state index contributed by atoms with van der Waals surface area (Å²) in [6.07, 6.45) is 4.66. The van der Waals surface area contributed by atoms with Crippen LogP contribution < -0.4 is 20.4 Å². The second-order valence-electron chi connectivity index (χ2n) is 10.4. The Morgan fingerprint density at radius 3 is 1.97 bits per heavy atom. The number of nitrogens with one attached hydrogen (secondary N) is 2. The third-order valence-electron chi connectivity index (χ3n) is 7.03. The monoisotopic (exact) mass is 524 g/mol. The number of amides is 4. The van der Waals surface area contributed by atoms with Gasteiger partial charge < -0.3 is 20.4 Å². The number of benzene rings is 1. The minimum Gasteiger partial charge on any atom is -0.340 e. The van der Waals surface area contributed by atoms with Crippen LogP contribution in [0.5, 0.6) is 0 Å². The van der Waals surface area contributed by atoms with Crippen molar-refractivity contribution in [3.8, 4) is 0 Å². The number of nitrogens with zero attached hydrogens (tertiary/aromatic N) is 2. The molecule has 2 aromatic rings. The molecular weight excluding hydrogens is 488 g/mol. The van der Waals surface area contributed by atoms with Gasteiger partial charge in [0, 0.05) is 23.4 Å². The lowest BCUT2D eigenvalue weighted by molar-refractivity contribution is -0.136. The average Bonchev–Trinajstić information content (AvgIpc) is 3.54. The van der Waals surface area contributed by atoms with E-state index >= 15 is 0 Å². The van der Waals surface area contributed by atoms with Crippen LogP contribution in [0.3, 0.4) is 0 Å². The highest BCUT2D eigenvalue weighted by atomic mass is 32.1. The van der Waals surface area contributed by atoms with E-state index < -0.39 is 29.8 Å². The molecule has 0 bridgehead atoms. The maximum atomic E-state index is 13.8. The summed E-state index contributed by atoms with van der Waals surface area (Å²) in [6.45, 7) is 7.50. The van der Waals surface area contributed by atoms with Gasteiger partial charge in [-0.3, -0.25) is 19.2 Å². The maximum Gasteiger partial charge on any atom is 0.259 e. The molecule has 2 heterocycles. The maximum absolute atomic E-state index is 13.8. The molecule has 2 N–H and O–H groups in total. The minimum atomic E-state index is -1.42.